The van der Waals surface area contributed by atoms with Crippen molar-refractivity contribution in [3.8, 4) is 0 Å². The number of hydrogen-bond acceptors (Lipinski definition) is 6. The van der Waals surface area contributed by atoms with Gasteiger partial charge in [0.2, 0.25) is 0 Å². The molecule has 0 spiro atoms. The first-order chi connectivity index (χ1) is 9.67. The lowest BCUT2D eigenvalue weighted by molar-refractivity contribution is -0.146. The van der Waals surface area contributed by atoms with E-state index in [0.29, 0.717) is 51.7 Å². The van der Waals surface area contributed by atoms with Crippen molar-refractivity contribution in [1.29, 1.82) is 0 Å². The van der Waals surface area contributed by atoms with E-state index >= 15 is 0 Å². The average molecular weight is 288 g/mol. The number of aliphatic hydroxyl groups is 1. The fourth-order valence-electron chi connectivity index (χ4n) is 1.99. The van der Waals surface area contributed by atoms with Crippen LogP contribution in [0.5, 0.6) is 0 Å². The summed E-state index contributed by atoms with van der Waals surface area (Å²) in [5.41, 5.74) is 0. The number of esters is 2. The highest BCUT2D eigenvalue weighted by molar-refractivity contribution is 5.72. The molecule has 0 aliphatic carbocycles. The molecule has 0 amide bonds. The maximum Gasteiger partial charge on any atom is 0.308 e. The minimum atomic E-state index is -0.251. The molecule has 2 unspecified atom stereocenters. The number of ether oxygens (including phenoxy) is 3. The Kier molecular flexibility index (Phi) is 8.22. The van der Waals surface area contributed by atoms with Crippen molar-refractivity contribution < 1.29 is 28.9 Å². The molecule has 1 aliphatic rings. The number of epoxide rings is 1. The molecule has 1 rings (SSSR count). The summed E-state index contributed by atoms with van der Waals surface area (Å²) in [6.45, 7) is 1.13. The second-order valence-corrected chi connectivity index (χ2v) is 4.95. The summed E-state index contributed by atoms with van der Waals surface area (Å²) in [7, 11) is 1.38. The van der Waals surface area contributed by atoms with E-state index in [1.54, 1.807) is 0 Å². The third kappa shape index (κ3) is 7.45. The lowest BCUT2D eigenvalue weighted by atomic mass is 9.98. The van der Waals surface area contributed by atoms with E-state index in [9.17, 15) is 9.59 Å². The summed E-state index contributed by atoms with van der Waals surface area (Å²) in [6.07, 6.45) is 3.71. The van der Waals surface area contributed by atoms with E-state index in [-0.39, 0.29) is 30.6 Å². The van der Waals surface area contributed by atoms with Gasteiger partial charge in [-0.05, 0) is 32.1 Å². The lowest BCUT2D eigenvalue weighted by Crippen LogP contribution is -2.19. The van der Waals surface area contributed by atoms with Crippen LogP contribution in [0.3, 0.4) is 0 Å². The average Bonchev–Trinajstić information content (AvgIpc) is 3.25. The van der Waals surface area contributed by atoms with Crippen molar-refractivity contribution in [3.05, 3.63) is 0 Å². The number of carbonyl (C=O) groups is 2. The molecule has 116 valence electrons. The Balaban J connectivity index is 2.10. The second kappa shape index (κ2) is 9.72. The molecule has 0 radical (unpaired) electrons. The minimum absolute atomic E-state index is 0.0946. The van der Waals surface area contributed by atoms with Gasteiger partial charge in [-0.15, -0.1) is 0 Å². The van der Waals surface area contributed by atoms with Crippen molar-refractivity contribution in [2.24, 2.45) is 5.92 Å². The van der Waals surface area contributed by atoms with Crippen molar-refractivity contribution in [2.45, 2.75) is 44.6 Å². The Bertz CT molecular complexity index is 300. The quantitative estimate of drug-likeness (QED) is 0.347. The van der Waals surface area contributed by atoms with Gasteiger partial charge in [-0.3, -0.25) is 9.59 Å². The zero-order valence-corrected chi connectivity index (χ0v) is 12.0. The lowest BCUT2D eigenvalue weighted by Gasteiger charge is -2.13. The van der Waals surface area contributed by atoms with Crippen molar-refractivity contribution in [1.82, 2.24) is 0 Å². The van der Waals surface area contributed by atoms with Gasteiger partial charge in [0.25, 0.3) is 0 Å². The fraction of sp³-hybridized carbons (Fsp3) is 0.857. The highest BCUT2D eigenvalue weighted by atomic mass is 16.6. The van der Waals surface area contributed by atoms with Gasteiger partial charge in [0, 0.05) is 13.0 Å². The zero-order valence-electron chi connectivity index (χ0n) is 12.0. The monoisotopic (exact) mass is 288 g/mol. The van der Waals surface area contributed by atoms with Gasteiger partial charge < -0.3 is 19.3 Å². The number of unbranched alkanes of at least 4 members (excludes halogenated alkanes) is 1. The molecule has 0 aromatic carbocycles. The predicted octanol–water partition coefficient (Wildman–Crippen LogP) is 1.05. The van der Waals surface area contributed by atoms with Gasteiger partial charge in [0.15, 0.2) is 0 Å². The Labute approximate surface area is 119 Å². The van der Waals surface area contributed by atoms with Gasteiger partial charge in [0.1, 0.15) is 0 Å². The summed E-state index contributed by atoms with van der Waals surface area (Å²) in [5, 5.41) is 8.60. The largest absolute Gasteiger partial charge is 0.469 e. The van der Waals surface area contributed by atoms with E-state index in [1.165, 1.54) is 7.11 Å². The Morgan fingerprint density at radius 2 is 2.10 bits per heavy atom. The normalized spacial score (nSPS) is 18.4. The van der Waals surface area contributed by atoms with Crippen LogP contribution in [0.25, 0.3) is 0 Å². The van der Waals surface area contributed by atoms with Crippen LogP contribution in [0.2, 0.25) is 0 Å². The molecular formula is C14H24O6. The first-order valence-corrected chi connectivity index (χ1v) is 7.13. The molecule has 0 bridgehead atoms. The number of methoxy groups -OCH3 is 1. The second-order valence-electron chi connectivity index (χ2n) is 4.95. The smallest absolute Gasteiger partial charge is 0.308 e. The molecule has 20 heavy (non-hydrogen) atoms. The predicted molar refractivity (Wildman–Crippen MR) is 71.0 cm³/mol. The van der Waals surface area contributed by atoms with Crippen LogP contribution < -0.4 is 0 Å². The summed E-state index contributed by atoms with van der Waals surface area (Å²) < 4.78 is 14.9. The maximum atomic E-state index is 11.6. The van der Waals surface area contributed by atoms with Gasteiger partial charge >= 0.3 is 11.9 Å². The number of hydrogen-bond donors (Lipinski definition) is 1. The van der Waals surface area contributed by atoms with Gasteiger partial charge in [0.05, 0.1) is 32.3 Å². The fourth-order valence-corrected chi connectivity index (χ4v) is 1.99. The molecule has 6 heteroatoms. The Hall–Kier alpha value is -1.14. The third-order valence-electron chi connectivity index (χ3n) is 3.23. The third-order valence-corrected chi connectivity index (χ3v) is 3.23. The molecule has 0 aromatic heterocycles. The molecule has 1 heterocycles. The van der Waals surface area contributed by atoms with Crippen LogP contribution in [0.1, 0.15) is 38.5 Å². The standard InChI is InChI=1S/C14H24O6/c1-18-14(17)11(9-12-10-20-12)5-4-8-19-13(16)6-2-3-7-15/h11-12,15H,2-10H2,1H3. The van der Waals surface area contributed by atoms with Crippen LogP contribution in [-0.2, 0) is 23.8 Å². The van der Waals surface area contributed by atoms with E-state index in [1.807, 2.05) is 0 Å². The van der Waals surface area contributed by atoms with Crippen molar-refractivity contribution >= 4 is 11.9 Å². The molecule has 1 aliphatic heterocycles. The number of carbonyl (C=O) groups excluding carboxylic acids is 2. The minimum Gasteiger partial charge on any atom is -0.469 e. The van der Waals surface area contributed by atoms with Gasteiger partial charge in [-0.1, -0.05) is 0 Å². The van der Waals surface area contributed by atoms with Crippen LogP contribution in [0.15, 0.2) is 0 Å². The summed E-state index contributed by atoms with van der Waals surface area (Å²) in [4.78, 5) is 22.9. The Morgan fingerprint density at radius 1 is 1.35 bits per heavy atom. The van der Waals surface area contributed by atoms with Crippen LogP contribution in [0, 0.1) is 5.92 Å². The van der Waals surface area contributed by atoms with Gasteiger partial charge in [-0.25, -0.2) is 0 Å². The summed E-state index contributed by atoms with van der Waals surface area (Å²) in [5.74, 6) is -0.658. The Morgan fingerprint density at radius 3 is 2.70 bits per heavy atom. The molecule has 1 N–H and O–H groups in total. The van der Waals surface area contributed by atoms with E-state index in [0.717, 1.165) is 0 Å². The van der Waals surface area contributed by atoms with Gasteiger partial charge in [-0.2, -0.15) is 0 Å². The zero-order chi connectivity index (χ0) is 14.8. The molecule has 0 aromatic rings. The van der Waals surface area contributed by atoms with Crippen molar-refractivity contribution in [3.63, 3.8) is 0 Å². The number of aliphatic hydroxyl groups excluding tert-OH is 1. The summed E-state index contributed by atoms with van der Waals surface area (Å²) >= 11 is 0. The SMILES string of the molecule is COC(=O)C(CCCOC(=O)CCCCO)CC1CO1. The highest BCUT2D eigenvalue weighted by Crippen LogP contribution is 2.23. The topological polar surface area (TPSA) is 85.4 Å². The van der Waals surface area contributed by atoms with Crippen molar-refractivity contribution in [2.75, 3.05) is 26.9 Å². The molecule has 2 atom stereocenters. The van der Waals surface area contributed by atoms with Crippen LogP contribution in [0.4, 0.5) is 0 Å². The molecule has 6 nitrogen and oxygen atoms in total. The molecule has 0 saturated carbocycles. The highest BCUT2D eigenvalue weighted by Gasteiger charge is 2.30. The molecular weight excluding hydrogens is 264 g/mol. The van der Waals surface area contributed by atoms with E-state index in [2.05, 4.69) is 0 Å². The first-order valence-electron chi connectivity index (χ1n) is 7.13. The first kappa shape index (κ1) is 16.9. The maximum absolute atomic E-state index is 11.6. The molecule has 1 fully saturated rings. The number of rotatable bonds is 11. The summed E-state index contributed by atoms with van der Waals surface area (Å²) in [6, 6.07) is 0. The van der Waals surface area contributed by atoms with Crippen LogP contribution in [-0.4, -0.2) is 50.1 Å². The van der Waals surface area contributed by atoms with E-state index in [4.69, 9.17) is 19.3 Å². The van der Waals surface area contributed by atoms with Crippen LogP contribution >= 0.6 is 0 Å². The molecule has 1 saturated heterocycles. The van der Waals surface area contributed by atoms with E-state index < -0.39 is 0 Å².